The van der Waals surface area contributed by atoms with Gasteiger partial charge in [-0.05, 0) is 12.7 Å². The van der Waals surface area contributed by atoms with Crippen LogP contribution < -0.4 is 0 Å². The molecule has 0 radical (unpaired) electrons. The van der Waals surface area contributed by atoms with Crippen molar-refractivity contribution in [1.82, 2.24) is 0 Å². The van der Waals surface area contributed by atoms with E-state index in [-0.39, 0.29) is 11.9 Å². The fourth-order valence-electron chi connectivity index (χ4n) is 1.33. The van der Waals surface area contributed by atoms with Gasteiger partial charge in [0.05, 0.1) is 6.26 Å². The first-order valence-corrected chi connectivity index (χ1v) is 5.44. The summed E-state index contributed by atoms with van der Waals surface area (Å²) < 4.78 is 5.37. The van der Waals surface area contributed by atoms with Crippen LogP contribution in [-0.2, 0) is 9.53 Å². The lowest BCUT2D eigenvalue weighted by molar-refractivity contribution is -0.117. The maximum Gasteiger partial charge on any atom is 0.162 e. The molecule has 2 atom stereocenters. The SMILES string of the molecule is CC[C@H](SC)[C@@H]1CC(=O)C=CO1. The highest BCUT2D eigenvalue weighted by Gasteiger charge is 2.24. The van der Waals surface area contributed by atoms with Crippen LogP contribution in [-0.4, -0.2) is 23.4 Å². The molecule has 1 aliphatic rings. The highest BCUT2D eigenvalue weighted by atomic mass is 32.2. The summed E-state index contributed by atoms with van der Waals surface area (Å²) in [6.07, 6.45) is 6.75. The monoisotopic (exact) mass is 186 g/mol. The highest BCUT2D eigenvalue weighted by Crippen LogP contribution is 2.22. The summed E-state index contributed by atoms with van der Waals surface area (Å²) in [6.45, 7) is 2.12. The lowest BCUT2D eigenvalue weighted by atomic mass is 10.1. The quantitative estimate of drug-likeness (QED) is 0.674. The van der Waals surface area contributed by atoms with E-state index in [1.807, 2.05) is 0 Å². The van der Waals surface area contributed by atoms with Gasteiger partial charge in [0.15, 0.2) is 5.78 Å². The van der Waals surface area contributed by atoms with Gasteiger partial charge in [-0.1, -0.05) is 6.92 Å². The molecule has 0 spiro atoms. The second kappa shape index (κ2) is 4.55. The Bertz CT molecular complexity index is 185. The van der Waals surface area contributed by atoms with Gasteiger partial charge in [0.25, 0.3) is 0 Å². The molecule has 0 N–H and O–H groups in total. The van der Waals surface area contributed by atoms with Gasteiger partial charge in [0.1, 0.15) is 6.10 Å². The third-order valence-electron chi connectivity index (χ3n) is 2.03. The summed E-state index contributed by atoms with van der Waals surface area (Å²) in [6, 6.07) is 0. The van der Waals surface area contributed by atoms with Crippen LogP contribution in [0.15, 0.2) is 12.3 Å². The van der Waals surface area contributed by atoms with Crippen molar-refractivity contribution in [3.05, 3.63) is 12.3 Å². The normalized spacial score (nSPS) is 25.2. The van der Waals surface area contributed by atoms with E-state index in [0.717, 1.165) is 6.42 Å². The predicted octanol–water partition coefficient (Wildman–Crippen LogP) is 2.00. The predicted molar refractivity (Wildman–Crippen MR) is 51.2 cm³/mol. The molecular weight excluding hydrogens is 172 g/mol. The zero-order valence-electron chi connectivity index (χ0n) is 7.45. The van der Waals surface area contributed by atoms with Crippen LogP contribution >= 0.6 is 11.8 Å². The van der Waals surface area contributed by atoms with Crippen molar-refractivity contribution < 1.29 is 9.53 Å². The number of carbonyl (C=O) groups is 1. The number of hydrogen-bond acceptors (Lipinski definition) is 3. The van der Waals surface area contributed by atoms with Gasteiger partial charge in [0.2, 0.25) is 0 Å². The molecule has 0 saturated carbocycles. The average molecular weight is 186 g/mol. The maximum atomic E-state index is 11.0. The maximum absolute atomic E-state index is 11.0. The molecule has 1 aliphatic heterocycles. The van der Waals surface area contributed by atoms with Crippen LogP contribution in [0.1, 0.15) is 19.8 Å². The van der Waals surface area contributed by atoms with Gasteiger partial charge in [-0.15, -0.1) is 0 Å². The summed E-state index contributed by atoms with van der Waals surface area (Å²) in [5.41, 5.74) is 0. The molecule has 0 aromatic rings. The molecular formula is C9H14O2S. The van der Waals surface area contributed by atoms with Crippen LogP contribution in [0.2, 0.25) is 0 Å². The van der Waals surface area contributed by atoms with Gasteiger partial charge in [-0.2, -0.15) is 11.8 Å². The van der Waals surface area contributed by atoms with Crippen LogP contribution in [0.3, 0.4) is 0 Å². The molecule has 0 aliphatic carbocycles. The molecule has 0 saturated heterocycles. The van der Waals surface area contributed by atoms with Crippen molar-refractivity contribution in [2.75, 3.05) is 6.26 Å². The first-order valence-electron chi connectivity index (χ1n) is 4.15. The van der Waals surface area contributed by atoms with Crippen molar-refractivity contribution in [1.29, 1.82) is 0 Å². The van der Waals surface area contributed by atoms with Crippen molar-refractivity contribution in [3.8, 4) is 0 Å². The smallest absolute Gasteiger partial charge is 0.162 e. The number of ether oxygens (including phenoxy) is 1. The summed E-state index contributed by atoms with van der Waals surface area (Å²) in [5, 5.41) is 0.443. The minimum absolute atomic E-state index is 0.0856. The molecule has 0 aromatic heterocycles. The second-order valence-corrected chi connectivity index (χ2v) is 3.91. The molecule has 0 aromatic carbocycles. The topological polar surface area (TPSA) is 26.3 Å². The highest BCUT2D eigenvalue weighted by molar-refractivity contribution is 7.99. The zero-order valence-corrected chi connectivity index (χ0v) is 8.26. The minimum Gasteiger partial charge on any atom is -0.496 e. The van der Waals surface area contributed by atoms with Crippen molar-refractivity contribution >= 4 is 17.5 Å². The van der Waals surface area contributed by atoms with E-state index in [2.05, 4.69) is 13.2 Å². The van der Waals surface area contributed by atoms with Crippen molar-refractivity contribution in [3.63, 3.8) is 0 Å². The van der Waals surface area contributed by atoms with Crippen LogP contribution in [0.5, 0.6) is 0 Å². The standard InChI is InChI=1S/C9H14O2S/c1-3-9(12-2)8-6-7(10)4-5-11-8/h4-5,8-9H,3,6H2,1-2H3/t8-,9-/m0/s1. The van der Waals surface area contributed by atoms with Crippen molar-refractivity contribution in [2.24, 2.45) is 0 Å². The van der Waals surface area contributed by atoms with E-state index in [1.165, 1.54) is 12.3 Å². The van der Waals surface area contributed by atoms with E-state index in [4.69, 9.17) is 4.74 Å². The summed E-state index contributed by atoms with van der Waals surface area (Å²) in [4.78, 5) is 11.0. The van der Waals surface area contributed by atoms with E-state index in [1.54, 1.807) is 11.8 Å². The molecule has 1 rings (SSSR count). The molecule has 2 nitrogen and oxygen atoms in total. The molecule has 0 bridgehead atoms. The van der Waals surface area contributed by atoms with Gasteiger partial charge >= 0.3 is 0 Å². The van der Waals surface area contributed by atoms with E-state index in [0.29, 0.717) is 11.7 Å². The Balaban J connectivity index is 2.52. The Hall–Kier alpha value is -0.440. The minimum atomic E-state index is 0.0856. The first-order chi connectivity index (χ1) is 5.77. The lowest BCUT2D eigenvalue weighted by Crippen LogP contribution is -2.29. The summed E-state index contributed by atoms with van der Waals surface area (Å²) >= 11 is 1.77. The molecule has 1 heterocycles. The van der Waals surface area contributed by atoms with Crippen LogP contribution in [0.4, 0.5) is 0 Å². The Morgan fingerprint density at radius 1 is 1.83 bits per heavy atom. The Labute approximate surface area is 77.4 Å². The number of rotatable bonds is 3. The van der Waals surface area contributed by atoms with E-state index < -0.39 is 0 Å². The largest absolute Gasteiger partial charge is 0.496 e. The third-order valence-corrected chi connectivity index (χ3v) is 3.27. The summed E-state index contributed by atoms with van der Waals surface area (Å²) in [5.74, 6) is 0.179. The molecule has 68 valence electrons. The average Bonchev–Trinajstić information content (AvgIpc) is 2.07. The molecule has 3 heteroatoms. The van der Waals surface area contributed by atoms with Gasteiger partial charge in [-0.3, -0.25) is 4.79 Å². The Morgan fingerprint density at radius 3 is 3.08 bits per heavy atom. The molecule has 0 fully saturated rings. The number of carbonyl (C=O) groups excluding carboxylic acids is 1. The molecule has 12 heavy (non-hydrogen) atoms. The third kappa shape index (κ3) is 2.27. The van der Waals surface area contributed by atoms with Crippen molar-refractivity contribution in [2.45, 2.75) is 31.1 Å². The first kappa shape index (κ1) is 9.65. The summed E-state index contributed by atoms with van der Waals surface area (Å²) in [7, 11) is 0. The lowest BCUT2D eigenvalue weighted by Gasteiger charge is -2.25. The van der Waals surface area contributed by atoms with Crippen LogP contribution in [0.25, 0.3) is 0 Å². The zero-order chi connectivity index (χ0) is 8.97. The number of hydrogen-bond donors (Lipinski definition) is 0. The number of allylic oxidation sites excluding steroid dienone is 1. The van der Waals surface area contributed by atoms with Gasteiger partial charge in [0, 0.05) is 17.7 Å². The second-order valence-electron chi connectivity index (χ2n) is 2.83. The fourth-order valence-corrected chi connectivity index (χ4v) is 2.13. The number of thioether (sulfide) groups is 1. The number of ketones is 1. The Morgan fingerprint density at radius 2 is 2.58 bits per heavy atom. The Kier molecular flexibility index (Phi) is 3.66. The van der Waals surface area contributed by atoms with Crippen LogP contribution in [0, 0.1) is 0 Å². The van der Waals surface area contributed by atoms with Gasteiger partial charge in [-0.25, -0.2) is 0 Å². The molecule has 0 unspecified atom stereocenters. The van der Waals surface area contributed by atoms with E-state index in [9.17, 15) is 4.79 Å². The fraction of sp³-hybridized carbons (Fsp3) is 0.667. The van der Waals surface area contributed by atoms with E-state index >= 15 is 0 Å². The van der Waals surface area contributed by atoms with Gasteiger partial charge < -0.3 is 4.74 Å². The molecule has 0 amide bonds.